The highest BCUT2D eigenvalue weighted by molar-refractivity contribution is 4.97. The van der Waals surface area contributed by atoms with Crippen LogP contribution in [0.5, 0.6) is 0 Å². The first kappa shape index (κ1) is 17.2. The summed E-state index contributed by atoms with van der Waals surface area (Å²) in [4.78, 5) is 4.48. The average molecular weight is 279 g/mol. The molecule has 3 heteroatoms. The number of unbranched alkanes of at least 4 members (excludes halogenated alkanes) is 6. The normalized spacial score (nSPS) is 11.1. The van der Waals surface area contributed by atoms with Crippen molar-refractivity contribution in [2.45, 2.75) is 78.2 Å². The molecule has 0 fully saturated rings. The third kappa shape index (κ3) is 8.36. The van der Waals surface area contributed by atoms with E-state index in [0.717, 1.165) is 26.1 Å². The van der Waals surface area contributed by atoms with Gasteiger partial charge in [0.15, 0.2) is 0 Å². The van der Waals surface area contributed by atoms with Crippen molar-refractivity contribution in [3.8, 4) is 0 Å². The summed E-state index contributed by atoms with van der Waals surface area (Å²) >= 11 is 0. The molecule has 3 nitrogen and oxygen atoms in total. The summed E-state index contributed by atoms with van der Waals surface area (Å²) in [5.41, 5.74) is 1.22. The zero-order valence-corrected chi connectivity index (χ0v) is 13.5. The molecule has 0 bridgehead atoms. The molecule has 0 spiro atoms. The molecule has 20 heavy (non-hydrogen) atoms. The average Bonchev–Trinajstić information content (AvgIpc) is 2.90. The van der Waals surface area contributed by atoms with Gasteiger partial charge in [-0.2, -0.15) is 0 Å². The predicted molar refractivity (Wildman–Crippen MR) is 87.1 cm³/mol. The van der Waals surface area contributed by atoms with Gasteiger partial charge in [-0.15, -0.1) is 0 Å². The van der Waals surface area contributed by atoms with Crippen molar-refractivity contribution in [3.05, 3.63) is 18.2 Å². The van der Waals surface area contributed by atoms with Gasteiger partial charge in [0, 0.05) is 25.7 Å². The van der Waals surface area contributed by atoms with Crippen molar-refractivity contribution in [1.29, 1.82) is 0 Å². The maximum Gasteiger partial charge on any atom is 0.0949 e. The van der Waals surface area contributed by atoms with Crippen molar-refractivity contribution >= 4 is 0 Å². The first-order valence-electron chi connectivity index (χ1n) is 8.58. The second kappa shape index (κ2) is 12.0. The van der Waals surface area contributed by atoms with Gasteiger partial charge in [-0.25, -0.2) is 4.98 Å². The Kier molecular flexibility index (Phi) is 10.3. The van der Waals surface area contributed by atoms with Gasteiger partial charge in [0.2, 0.25) is 0 Å². The van der Waals surface area contributed by atoms with Gasteiger partial charge in [-0.3, -0.25) is 0 Å². The molecule has 1 heterocycles. The van der Waals surface area contributed by atoms with Crippen LogP contribution in [-0.2, 0) is 13.0 Å². The predicted octanol–water partition coefficient (Wildman–Crippen LogP) is 4.18. The first-order chi connectivity index (χ1) is 9.86. The molecule has 0 unspecified atom stereocenters. The lowest BCUT2D eigenvalue weighted by molar-refractivity contribution is 0.549. The van der Waals surface area contributed by atoms with E-state index in [0.29, 0.717) is 0 Å². The van der Waals surface area contributed by atoms with Crippen molar-refractivity contribution in [3.63, 3.8) is 0 Å². The summed E-state index contributed by atoms with van der Waals surface area (Å²) < 4.78 is 2.25. The zero-order chi connectivity index (χ0) is 14.5. The Labute approximate surface area is 125 Å². The lowest BCUT2D eigenvalue weighted by atomic mass is 10.1. The second-order valence-corrected chi connectivity index (χ2v) is 5.72. The molecule has 1 N–H and O–H groups in total. The fourth-order valence-electron chi connectivity index (χ4n) is 2.43. The minimum atomic E-state index is 1.04. The molecular weight excluding hydrogens is 246 g/mol. The Morgan fingerprint density at radius 3 is 2.45 bits per heavy atom. The summed E-state index contributed by atoms with van der Waals surface area (Å²) in [6.07, 6.45) is 16.0. The van der Waals surface area contributed by atoms with Crippen molar-refractivity contribution in [2.75, 3.05) is 13.1 Å². The third-order valence-corrected chi connectivity index (χ3v) is 3.69. The first-order valence-corrected chi connectivity index (χ1v) is 8.58. The van der Waals surface area contributed by atoms with Crippen LogP contribution in [0, 0.1) is 0 Å². The molecule has 0 aliphatic heterocycles. The smallest absolute Gasteiger partial charge is 0.0949 e. The summed E-state index contributed by atoms with van der Waals surface area (Å²) in [7, 11) is 0. The van der Waals surface area contributed by atoms with Crippen LogP contribution < -0.4 is 5.32 Å². The molecular formula is C17H33N3. The van der Waals surface area contributed by atoms with E-state index in [-0.39, 0.29) is 0 Å². The Bertz CT molecular complexity index is 320. The highest BCUT2D eigenvalue weighted by Crippen LogP contribution is 2.08. The lowest BCUT2D eigenvalue weighted by Gasteiger charge is -2.03. The minimum Gasteiger partial charge on any atom is -0.337 e. The number of hydrogen-bond acceptors (Lipinski definition) is 2. The van der Waals surface area contributed by atoms with Crippen LogP contribution in [0.4, 0.5) is 0 Å². The zero-order valence-electron chi connectivity index (χ0n) is 13.5. The van der Waals surface area contributed by atoms with Crippen LogP contribution in [-0.4, -0.2) is 22.6 Å². The van der Waals surface area contributed by atoms with Crippen LogP contribution in [0.2, 0.25) is 0 Å². The fourth-order valence-corrected chi connectivity index (χ4v) is 2.43. The Morgan fingerprint density at radius 2 is 1.70 bits per heavy atom. The van der Waals surface area contributed by atoms with Crippen molar-refractivity contribution < 1.29 is 0 Å². The van der Waals surface area contributed by atoms with Gasteiger partial charge < -0.3 is 9.88 Å². The Hall–Kier alpha value is -0.830. The molecule has 1 rings (SSSR count). The lowest BCUT2D eigenvalue weighted by Crippen LogP contribution is -2.17. The maximum absolute atomic E-state index is 4.48. The van der Waals surface area contributed by atoms with Crippen LogP contribution in [0.1, 0.15) is 70.9 Å². The molecule has 0 aliphatic rings. The summed E-state index contributed by atoms with van der Waals surface area (Å²) in [5, 5.41) is 3.42. The molecule has 116 valence electrons. The SMILES string of the molecule is CCCCCCCCCn1cnc(CCNCCC)c1. The molecule has 0 aromatic carbocycles. The van der Waals surface area contributed by atoms with E-state index in [1.807, 2.05) is 6.33 Å². The van der Waals surface area contributed by atoms with E-state index in [1.54, 1.807) is 0 Å². The molecule has 1 aromatic rings. The number of nitrogens with zero attached hydrogens (tertiary/aromatic N) is 2. The highest BCUT2D eigenvalue weighted by atomic mass is 15.0. The summed E-state index contributed by atoms with van der Waals surface area (Å²) in [5.74, 6) is 0. The van der Waals surface area contributed by atoms with Gasteiger partial charge in [-0.1, -0.05) is 52.4 Å². The van der Waals surface area contributed by atoms with Crippen molar-refractivity contribution in [2.24, 2.45) is 0 Å². The summed E-state index contributed by atoms with van der Waals surface area (Å²) in [6.45, 7) is 7.75. The van der Waals surface area contributed by atoms with Crippen LogP contribution >= 0.6 is 0 Å². The maximum atomic E-state index is 4.48. The minimum absolute atomic E-state index is 1.04. The van der Waals surface area contributed by atoms with E-state index in [1.165, 1.54) is 57.1 Å². The van der Waals surface area contributed by atoms with Gasteiger partial charge in [0.25, 0.3) is 0 Å². The Balaban J connectivity index is 2.02. The van der Waals surface area contributed by atoms with Gasteiger partial charge in [0.05, 0.1) is 12.0 Å². The van der Waals surface area contributed by atoms with Crippen LogP contribution in [0.25, 0.3) is 0 Å². The fraction of sp³-hybridized carbons (Fsp3) is 0.824. The van der Waals surface area contributed by atoms with Crippen molar-refractivity contribution in [1.82, 2.24) is 14.9 Å². The summed E-state index contributed by atoms with van der Waals surface area (Å²) in [6, 6.07) is 0. The number of nitrogens with one attached hydrogen (secondary N) is 1. The van der Waals surface area contributed by atoms with Gasteiger partial charge in [-0.05, 0) is 19.4 Å². The number of aryl methyl sites for hydroxylation is 1. The molecule has 0 atom stereocenters. The second-order valence-electron chi connectivity index (χ2n) is 5.72. The number of hydrogen-bond donors (Lipinski definition) is 1. The topological polar surface area (TPSA) is 29.9 Å². The standard InChI is InChI=1S/C17H33N3/c1-3-5-6-7-8-9-10-14-20-15-17(19-16-20)11-13-18-12-4-2/h15-16,18H,3-14H2,1-2H3. The number of imidazole rings is 1. The third-order valence-electron chi connectivity index (χ3n) is 3.69. The highest BCUT2D eigenvalue weighted by Gasteiger charge is 1.99. The van der Waals surface area contributed by atoms with E-state index in [2.05, 4.69) is 34.9 Å². The molecule has 0 aliphatic carbocycles. The number of rotatable bonds is 13. The molecule has 0 saturated carbocycles. The molecule has 0 amide bonds. The van der Waals surface area contributed by atoms with Crippen LogP contribution in [0.3, 0.4) is 0 Å². The largest absolute Gasteiger partial charge is 0.337 e. The molecule has 0 saturated heterocycles. The molecule has 1 aromatic heterocycles. The quantitative estimate of drug-likeness (QED) is 0.549. The van der Waals surface area contributed by atoms with Gasteiger partial charge >= 0.3 is 0 Å². The van der Waals surface area contributed by atoms with E-state index >= 15 is 0 Å². The Morgan fingerprint density at radius 1 is 0.950 bits per heavy atom. The van der Waals surface area contributed by atoms with E-state index < -0.39 is 0 Å². The van der Waals surface area contributed by atoms with E-state index in [9.17, 15) is 0 Å². The van der Waals surface area contributed by atoms with Crippen LogP contribution in [0.15, 0.2) is 12.5 Å². The van der Waals surface area contributed by atoms with E-state index in [4.69, 9.17) is 0 Å². The monoisotopic (exact) mass is 279 g/mol. The van der Waals surface area contributed by atoms with Gasteiger partial charge in [0.1, 0.15) is 0 Å². The number of aromatic nitrogens is 2. The molecule has 0 radical (unpaired) electrons.